The van der Waals surface area contributed by atoms with Gasteiger partial charge in [-0.25, -0.2) is 4.79 Å². The van der Waals surface area contributed by atoms with Crippen molar-refractivity contribution in [2.75, 3.05) is 13.1 Å². The molecule has 1 fully saturated rings. The van der Waals surface area contributed by atoms with Gasteiger partial charge in [0.15, 0.2) is 0 Å². The SMILES string of the molecule is Cc1ccc(S(=O)(=O)OCc2occc2C2CCN(C(=O)OC(C)(C)C)CC2)cc1. The standard InChI is InChI=1S/C22H29NO6S/c1-16-5-7-18(8-6-16)30(25,26)28-15-20-19(11-14-27-20)17-9-12-23(13-10-17)21(24)29-22(2,3)4/h5-8,11,14,17H,9-10,12-13,15H2,1-4H3. The highest BCUT2D eigenvalue weighted by atomic mass is 32.2. The van der Waals surface area contributed by atoms with Crippen LogP contribution in [-0.4, -0.2) is 38.1 Å². The molecule has 0 atom stereocenters. The average molecular weight is 436 g/mol. The van der Waals surface area contributed by atoms with E-state index < -0.39 is 15.7 Å². The summed E-state index contributed by atoms with van der Waals surface area (Å²) in [7, 11) is -3.87. The Hall–Kier alpha value is -2.32. The van der Waals surface area contributed by atoms with Crippen molar-refractivity contribution in [1.82, 2.24) is 4.90 Å². The minimum Gasteiger partial charge on any atom is -0.467 e. The van der Waals surface area contributed by atoms with Crippen LogP contribution in [0.3, 0.4) is 0 Å². The van der Waals surface area contributed by atoms with E-state index >= 15 is 0 Å². The highest BCUT2D eigenvalue weighted by Gasteiger charge is 2.29. The van der Waals surface area contributed by atoms with Crippen LogP contribution in [0.4, 0.5) is 4.79 Å². The molecule has 7 nitrogen and oxygen atoms in total. The smallest absolute Gasteiger partial charge is 0.410 e. The van der Waals surface area contributed by atoms with Crippen molar-refractivity contribution in [1.29, 1.82) is 0 Å². The minimum absolute atomic E-state index is 0.117. The highest BCUT2D eigenvalue weighted by molar-refractivity contribution is 7.86. The monoisotopic (exact) mass is 435 g/mol. The Morgan fingerprint density at radius 2 is 1.77 bits per heavy atom. The topological polar surface area (TPSA) is 86.1 Å². The van der Waals surface area contributed by atoms with Gasteiger partial charge in [0.2, 0.25) is 0 Å². The minimum atomic E-state index is -3.87. The first kappa shape index (κ1) is 22.4. The van der Waals surface area contributed by atoms with Gasteiger partial charge in [0.05, 0.1) is 11.2 Å². The van der Waals surface area contributed by atoms with Gasteiger partial charge in [-0.1, -0.05) is 17.7 Å². The predicted molar refractivity (Wildman–Crippen MR) is 112 cm³/mol. The van der Waals surface area contributed by atoms with E-state index in [1.165, 1.54) is 12.1 Å². The van der Waals surface area contributed by atoms with Gasteiger partial charge in [-0.05, 0) is 70.2 Å². The van der Waals surface area contributed by atoms with Crippen LogP contribution in [0.15, 0.2) is 45.9 Å². The lowest BCUT2D eigenvalue weighted by Gasteiger charge is -2.33. The van der Waals surface area contributed by atoms with Crippen LogP contribution in [0.1, 0.15) is 56.4 Å². The van der Waals surface area contributed by atoms with Crippen molar-refractivity contribution >= 4 is 16.2 Å². The first-order valence-electron chi connectivity index (χ1n) is 10.1. The molecule has 8 heteroatoms. The molecule has 1 amide bonds. The number of aryl methyl sites for hydroxylation is 1. The van der Waals surface area contributed by atoms with Crippen molar-refractivity contribution < 1.29 is 26.5 Å². The van der Waals surface area contributed by atoms with Crippen molar-refractivity contribution in [2.45, 2.75) is 63.6 Å². The van der Waals surface area contributed by atoms with Gasteiger partial charge in [-0.2, -0.15) is 8.42 Å². The number of piperidine rings is 1. The van der Waals surface area contributed by atoms with Gasteiger partial charge < -0.3 is 14.1 Å². The van der Waals surface area contributed by atoms with E-state index in [1.807, 2.05) is 33.8 Å². The van der Waals surface area contributed by atoms with Crippen molar-refractivity contribution in [3.8, 4) is 0 Å². The zero-order valence-corrected chi connectivity index (χ0v) is 18.7. The molecule has 0 spiro atoms. The van der Waals surface area contributed by atoms with Gasteiger partial charge in [-0.15, -0.1) is 0 Å². The van der Waals surface area contributed by atoms with E-state index in [9.17, 15) is 13.2 Å². The summed E-state index contributed by atoms with van der Waals surface area (Å²) in [6.45, 7) is 8.42. The molecule has 0 saturated carbocycles. The molecule has 1 aliphatic heterocycles. The number of ether oxygens (including phenoxy) is 1. The predicted octanol–water partition coefficient (Wildman–Crippen LogP) is 4.61. The molecule has 3 rings (SSSR count). The number of hydrogen-bond acceptors (Lipinski definition) is 6. The zero-order chi connectivity index (χ0) is 21.9. The van der Waals surface area contributed by atoms with E-state index in [1.54, 1.807) is 23.3 Å². The second-order valence-electron chi connectivity index (χ2n) is 8.57. The molecule has 0 bridgehead atoms. The second-order valence-corrected chi connectivity index (χ2v) is 10.2. The number of likely N-dealkylation sites (tertiary alicyclic amines) is 1. The lowest BCUT2D eigenvalue weighted by Crippen LogP contribution is -2.41. The fourth-order valence-corrected chi connectivity index (χ4v) is 4.30. The molecule has 30 heavy (non-hydrogen) atoms. The zero-order valence-electron chi connectivity index (χ0n) is 17.9. The van der Waals surface area contributed by atoms with Crippen LogP contribution in [0.2, 0.25) is 0 Å². The van der Waals surface area contributed by atoms with Gasteiger partial charge in [-0.3, -0.25) is 4.18 Å². The third-order valence-electron chi connectivity index (χ3n) is 5.02. The van der Waals surface area contributed by atoms with Gasteiger partial charge >= 0.3 is 6.09 Å². The summed E-state index contributed by atoms with van der Waals surface area (Å²) in [5, 5.41) is 0. The number of amides is 1. The number of furan rings is 1. The molecule has 0 unspecified atom stereocenters. The van der Waals surface area contributed by atoms with Gasteiger partial charge in [0.1, 0.15) is 18.0 Å². The Balaban J connectivity index is 1.60. The number of hydrogen-bond donors (Lipinski definition) is 0. The molecular formula is C22H29NO6S. The molecule has 1 aliphatic rings. The highest BCUT2D eigenvalue weighted by Crippen LogP contribution is 2.32. The maximum Gasteiger partial charge on any atom is 0.410 e. The molecule has 0 radical (unpaired) electrons. The summed E-state index contributed by atoms with van der Waals surface area (Å²) < 4.78 is 41.1. The summed E-state index contributed by atoms with van der Waals surface area (Å²) in [6, 6.07) is 8.37. The Kier molecular flexibility index (Phi) is 6.57. The third kappa shape index (κ3) is 5.64. The fraction of sp³-hybridized carbons (Fsp3) is 0.500. The number of carbonyl (C=O) groups excluding carboxylic acids is 1. The number of rotatable bonds is 5. The van der Waals surface area contributed by atoms with Crippen LogP contribution >= 0.6 is 0 Å². The molecule has 1 saturated heterocycles. The van der Waals surface area contributed by atoms with Gasteiger partial charge in [0.25, 0.3) is 10.1 Å². The number of carbonyl (C=O) groups is 1. The summed E-state index contributed by atoms with van der Waals surface area (Å²) >= 11 is 0. The van der Waals surface area contributed by atoms with Gasteiger partial charge in [0, 0.05) is 13.1 Å². The molecule has 0 N–H and O–H groups in total. The van der Waals surface area contributed by atoms with Crippen LogP contribution in [0.25, 0.3) is 0 Å². The Morgan fingerprint density at radius 3 is 2.37 bits per heavy atom. The van der Waals surface area contributed by atoms with E-state index in [4.69, 9.17) is 13.3 Å². The summed E-state index contributed by atoms with van der Waals surface area (Å²) in [4.78, 5) is 14.1. The fourth-order valence-electron chi connectivity index (χ4n) is 3.44. The van der Waals surface area contributed by atoms with E-state index in [0.717, 1.165) is 24.0 Å². The molecular weight excluding hydrogens is 406 g/mol. The average Bonchev–Trinajstić information content (AvgIpc) is 3.14. The van der Waals surface area contributed by atoms with Crippen LogP contribution in [-0.2, 0) is 25.6 Å². The lowest BCUT2D eigenvalue weighted by molar-refractivity contribution is 0.0204. The largest absolute Gasteiger partial charge is 0.467 e. The third-order valence-corrected chi connectivity index (χ3v) is 6.30. The first-order valence-corrected chi connectivity index (χ1v) is 11.5. The molecule has 2 aromatic rings. The molecule has 1 aromatic heterocycles. The lowest BCUT2D eigenvalue weighted by atomic mass is 9.90. The quantitative estimate of drug-likeness (QED) is 0.638. The van der Waals surface area contributed by atoms with Crippen LogP contribution in [0.5, 0.6) is 0 Å². The summed E-state index contributed by atoms with van der Waals surface area (Å²) in [5.74, 6) is 0.671. The van der Waals surface area contributed by atoms with Crippen molar-refractivity contribution in [2.24, 2.45) is 0 Å². The normalized spacial score (nSPS) is 15.9. The maximum absolute atomic E-state index is 12.4. The van der Waals surface area contributed by atoms with Crippen molar-refractivity contribution in [3.05, 3.63) is 53.5 Å². The first-order chi connectivity index (χ1) is 14.0. The maximum atomic E-state index is 12.4. The Morgan fingerprint density at radius 1 is 1.13 bits per heavy atom. The van der Waals surface area contributed by atoms with E-state index in [2.05, 4.69) is 0 Å². The Labute approximate surface area is 178 Å². The second kappa shape index (κ2) is 8.81. The number of benzene rings is 1. The van der Waals surface area contributed by atoms with E-state index in [0.29, 0.717) is 18.8 Å². The molecule has 2 heterocycles. The molecule has 164 valence electrons. The molecule has 1 aromatic carbocycles. The summed E-state index contributed by atoms with van der Waals surface area (Å²) in [5.41, 5.74) is 1.38. The van der Waals surface area contributed by atoms with Crippen LogP contribution in [0, 0.1) is 6.92 Å². The molecule has 0 aliphatic carbocycles. The van der Waals surface area contributed by atoms with Crippen LogP contribution < -0.4 is 0 Å². The number of nitrogens with zero attached hydrogens (tertiary/aromatic N) is 1. The van der Waals surface area contributed by atoms with Crippen molar-refractivity contribution in [3.63, 3.8) is 0 Å². The summed E-state index contributed by atoms with van der Waals surface area (Å²) in [6.07, 6.45) is 2.74. The van der Waals surface area contributed by atoms with E-state index in [-0.39, 0.29) is 23.5 Å². The Bertz CT molecular complexity index is 964.